The molecule has 1 aliphatic rings. The van der Waals surface area contributed by atoms with Gasteiger partial charge in [0.2, 0.25) is 5.91 Å². The van der Waals surface area contributed by atoms with Crippen molar-refractivity contribution < 1.29 is 28.2 Å². The predicted octanol–water partition coefficient (Wildman–Crippen LogP) is 3.05. The standard InChI is InChI=1S/C22H25F3N2O3/c23-22(24,25)17-10-8-16(9-11-17)20(29)19(21(30)27-12-4-5-13-27)26-18(14-28)15-6-2-1-3-7-15/h1-3,6-11,18-20,26,28-29H,4-5,12-14H2/t18?,19-,20+/m0/s1. The molecule has 1 fully saturated rings. The minimum absolute atomic E-state index is 0.192. The Morgan fingerprint density at radius 3 is 2.13 bits per heavy atom. The van der Waals surface area contributed by atoms with E-state index >= 15 is 0 Å². The monoisotopic (exact) mass is 422 g/mol. The van der Waals surface area contributed by atoms with Crippen molar-refractivity contribution in [3.63, 3.8) is 0 Å². The molecule has 5 nitrogen and oxygen atoms in total. The Balaban J connectivity index is 1.87. The molecule has 1 unspecified atom stereocenters. The summed E-state index contributed by atoms with van der Waals surface area (Å²) in [5.41, 5.74) is 0.1000. The maximum Gasteiger partial charge on any atom is 0.416 e. The summed E-state index contributed by atoms with van der Waals surface area (Å²) in [5, 5.41) is 23.8. The number of rotatable bonds is 7. The van der Waals surface area contributed by atoms with Gasteiger partial charge in [0, 0.05) is 13.1 Å². The second-order valence-electron chi connectivity index (χ2n) is 7.39. The molecular formula is C22H25F3N2O3. The number of nitrogens with one attached hydrogen (secondary N) is 1. The van der Waals surface area contributed by atoms with E-state index in [1.54, 1.807) is 29.2 Å². The number of aliphatic hydroxyl groups is 2. The van der Waals surface area contributed by atoms with Crippen molar-refractivity contribution in [1.29, 1.82) is 0 Å². The van der Waals surface area contributed by atoms with Gasteiger partial charge in [-0.25, -0.2) is 0 Å². The maximum atomic E-state index is 13.1. The third-order valence-corrected chi connectivity index (χ3v) is 5.34. The third kappa shape index (κ3) is 5.19. The lowest BCUT2D eigenvalue weighted by Gasteiger charge is -2.31. The molecule has 3 rings (SSSR count). The minimum Gasteiger partial charge on any atom is -0.394 e. The normalized spacial score (nSPS) is 17.6. The number of carbonyl (C=O) groups excluding carboxylic acids is 1. The molecule has 1 aliphatic heterocycles. The van der Waals surface area contributed by atoms with Crippen molar-refractivity contribution in [2.45, 2.75) is 37.2 Å². The van der Waals surface area contributed by atoms with E-state index in [9.17, 15) is 28.2 Å². The van der Waals surface area contributed by atoms with Crippen molar-refractivity contribution >= 4 is 5.91 Å². The van der Waals surface area contributed by atoms with Gasteiger partial charge in [0.25, 0.3) is 0 Å². The van der Waals surface area contributed by atoms with Gasteiger partial charge in [-0.1, -0.05) is 42.5 Å². The molecule has 0 bridgehead atoms. The summed E-state index contributed by atoms with van der Waals surface area (Å²) in [4.78, 5) is 14.7. The average Bonchev–Trinajstić information content (AvgIpc) is 3.29. The Morgan fingerprint density at radius 2 is 1.60 bits per heavy atom. The van der Waals surface area contributed by atoms with Crippen LogP contribution in [-0.4, -0.2) is 46.8 Å². The van der Waals surface area contributed by atoms with Crippen LogP contribution in [0.25, 0.3) is 0 Å². The molecule has 1 heterocycles. The van der Waals surface area contributed by atoms with Gasteiger partial charge < -0.3 is 15.1 Å². The molecule has 2 aromatic carbocycles. The van der Waals surface area contributed by atoms with Crippen molar-refractivity contribution in [3.05, 3.63) is 71.3 Å². The predicted molar refractivity (Wildman–Crippen MR) is 105 cm³/mol. The molecule has 1 amide bonds. The highest BCUT2D eigenvalue weighted by Gasteiger charge is 2.35. The highest BCUT2D eigenvalue weighted by molar-refractivity contribution is 5.83. The fraction of sp³-hybridized carbons (Fsp3) is 0.409. The van der Waals surface area contributed by atoms with Crippen LogP contribution in [0.3, 0.4) is 0 Å². The molecule has 1 saturated heterocycles. The first-order valence-corrected chi connectivity index (χ1v) is 9.87. The van der Waals surface area contributed by atoms with Crippen LogP contribution >= 0.6 is 0 Å². The molecule has 0 aliphatic carbocycles. The molecule has 8 heteroatoms. The number of amides is 1. The first kappa shape index (κ1) is 22.3. The third-order valence-electron chi connectivity index (χ3n) is 5.34. The van der Waals surface area contributed by atoms with Crippen LogP contribution in [0.4, 0.5) is 13.2 Å². The average molecular weight is 422 g/mol. The lowest BCUT2D eigenvalue weighted by atomic mass is 9.97. The topological polar surface area (TPSA) is 72.8 Å². The Labute approximate surface area is 173 Å². The van der Waals surface area contributed by atoms with Gasteiger partial charge in [-0.2, -0.15) is 13.2 Å². The number of hydrogen-bond acceptors (Lipinski definition) is 4. The summed E-state index contributed by atoms with van der Waals surface area (Å²) < 4.78 is 38.6. The van der Waals surface area contributed by atoms with Crippen LogP contribution in [0.2, 0.25) is 0 Å². The summed E-state index contributed by atoms with van der Waals surface area (Å²) in [6.45, 7) is 0.811. The Kier molecular flexibility index (Phi) is 7.12. The first-order chi connectivity index (χ1) is 14.3. The van der Waals surface area contributed by atoms with Crippen LogP contribution < -0.4 is 5.32 Å². The Morgan fingerprint density at radius 1 is 1.00 bits per heavy atom. The van der Waals surface area contributed by atoms with Crippen LogP contribution in [-0.2, 0) is 11.0 Å². The summed E-state index contributed by atoms with van der Waals surface area (Å²) in [6.07, 6.45) is -4.14. The van der Waals surface area contributed by atoms with E-state index in [4.69, 9.17) is 0 Å². The molecule has 3 N–H and O–H groups in total. The van der Waals surface area contributed by atoms with E-state index in [0.29, 0.717) is 13.1 Å². The number of hydrogen-bond donors (Lipinski definition) is 3. The molecule has 2 aromatic rings. The lowest BCUT2D eigenvalue weighted by Crippen LogP contribution is -2.50. The molecule has 30 heavy (non-hydrogen) atoms. The Bertz CT molecular complexity index is 822. The number of alkyl halides is 3. The van der Waals surface area contributed by atoms with Gasteiger partial charge in [0.1, 0.15) is 12.1 Å². The van der Waals surface area contributed by atoms with Crippen molar-refractivity contribution in [1.82, 2.24) is 10.2 Å². The number of halogens is 3. The number of likely N-dealkylation sites (tertiary alicyclic amines) is 1. The molecule has 0 saturated carbocycles. The summed E-state index contributed by atoms with van der Waals surface area (Å²) in [7, 11) is 0. The van der Waals surface area contributed by atoms with Crippen LogP contribution in [0.15, 0.2) is 54.6 Å². The van der Waals surface area contributed by atoms with Crippen LogP contribution in [0.5, 0.6) is 0 Å². The number of nitrogens with zero attached hydrogens (tertiary/aromatic N) is 1. The highest BCUT2D eigenvalue weighted by atomic mass is 19.4. The van der Waals surface area contributed by atoms with Crippen molar-refractivity contribution in [2.24, 2.45) is 0 Å². The van der Waals surface area contributed by atoms with Crippen molar-refractivity contribution in [3.8, 4) is 0 Å². The fourth-order valence-electron chi connectivity index (χ4n) is 3.65. The zero-order chi connectivity index (χ0) is 21.7. The maximum absolute atomic E-state index is 13.1. The van der Waals surface area contributed by atoms with E-state index in [0.717, 1.165) is 30.5 Å². The largest absolute Gasteiger partial charge is 0.416 e. The smallest absolute Gasteiger partial charge is 0.394 e. The minimum atomic E-state index is -4.48. The van der Waals surface area contributed by atoms with Gasteiger partial charge in [-0.05, 0) is 36.1 Å². The quantitative estimate of drug-likeness (QED) is 0.641. The molecule has 3 atom stereocenters. The van der Waals surface area contributed by atoms with E-state index in [2.05, 4.69) is 5.32 Å². The summed E-state index contributed by atoms with van der Waals surface area (Å²) in [5.74, 6) is -0.339. The van der Waals surface area contributed by atoms with Gasteiger partial charge in [0.15, 0.2) is 0 Å². The van der Waals surface area contributed by atoms with Crippen LogP contribution in [0, 0.1) is 0 Å². The van der Waals surface area contributed by atoms with Gasteiger partial charge in [0.05, 0.1) is 18.2 Å². The summed E-state index contributed by atoms with van der Waals surface area (Å²) in [6, 6.07) is 11.4. The number of benzene rings is 2. The number of carbonyl (C=O) groups is 1. The summed E-state index contributed by atoms with van der Waals surface area (Å²) >= 11 is 0. The zero-order valence-corrected chi connectivity index (χ0v) is 16.3. The zero-order valence-electron chi connectivity index (χ0n) is 16.3. The lowest BCUT2D eigenvalue weighted by molar-refractivity contribution is -0.138. The molecular weight excluding hydrogens is 397 g/mol. The van der Waals surface area contributed by atoms with E-state index in [1.165, 1.54) is 12.1 Å². The van der Waals surface area contributed by atoms with Gasteiger partial charge in [-0.3, -0.25) is 10.1 Å². The fourth-order valence-corrected chi connectivity index (χ4v) is 3.65. The van der Waals surface area contributed by atoms with Crippen LogP contribution in [0.1, 0.15) is 41.7 Å². The van der Waals surface area contributed by atoms with Gasteiger partial charge >= 0.3 is 6.18 Å². The molecule has 0 spiro atoms. The second-order valence-corrected chi connectivity index (χ2v) is 7.39. The van der Waals surface area contributed by atoms with E-state index in [-0.39, 0.29) is 18.1 Å². The Hall–Kier alpha value is -2.42. The van der Waals surface area contributed by atoms with Crippen molar-refractivity contribution in [2.75, 3.05) is 19.7 Å². The first-order valence-electron chi connectivity index (χ1n) is 9.87. The highest BCUT2D eigenvalue weighted by Crippen LogP contribution is 2.31. The SMILES string of the molecule is O=C([C@@H](NC(CO)c1ccccc1)[C@H](O)c1ccc(C(F)(F)F)cc1)N1CCCC1. The molecule has 162 valence electrons. The molecule has 0 radical (unpaired) electrons. The number of aliphatic hydroxyl groups excluding tert-OH is 2. The molecule has 0 aromatic heterocycles. The van der Waals surface area contributed by atoms with Gasteiger partial charge in [-0.15, -0.1) is 0 Å². The second kappa shape index (κ2) is 9.59. The van der Waals surface area contributed by atoms with E-state index < -0.39 is 29.9 Å². The van der Waals surface area contributed by atoms with E-state index in [1.807, 2.05) is 6.07 Å².